The fourth-order valence-corrected chi connectivity index (χ4v) is 2.96. The average Bonchev–Trinajstić information content (AvgIpc) is 2.87. The lowest BCUT2D eigenvalue weighted by atomic mass is 10.4. The number of nitrogens with zero attached hydrogens (tertiary/aromatic N) is 6. The van der Waals surface area contributed by atoms with Gasteiger partial charge in [-0.15, -0.1) is 0 Å². The lowest BCUT2D eigenvalue weighted by molar-refractivity contribution is 0.472. The molecule has 3 heterocycles. The van der Waals surface area contributed by atoms with E-state index < -0.39 is 10.0 Å². The smallest absolute Gasteiger partial charge is 0.267 e. The molecular weight excluding hydrogens is 344 g/mol. The first-order valence-corrected chi connectivity index (χ1v) is 9.41. The second-order valence-corrected chi connectivity index (χ2v) is 7.91. The summed E-state index contributed by atoms with van der Waals surface area (Å²) in [6, 6.07) is 4.81. The number of aromatic nitrogens is 5. The maximum Gasteiger partial charge on any atom is 0.278 e. The van der Waals surface area contributed by atoms with Crippen LogP contribution in [0.4, 0.5) is 5.82 Å². The van der Waals surface area contributed by atoms with Crippen molar-refractivity contribution in [2.45, 2.75) is 19.9 Å². The lowest BCUT2D eigenvalue weighted by Gasteiger charge is -2.18. The highest BCUT2D eigenvalue weighted by Gasteiger charge is 2.20. The van der Waals surface area contributed by atoms with Crippen molar-refractivity contribution in [1.29, 1.82) is 0 Å². The SMILES string of the molecule is CC(C)n1c(=O)c2cncnc2n1-c1cccc(N(C)S(C)(=O)=O)n1. The molecule has 0 aliphatic rings. The number of fused-ring (bicyclic) bond motifs is 1. The molecule has 0 unspecified atom stereocenters. The standard InChI is InChI=1S/C15H18N6O3S/c1-10(2)20-15(22)11-8-16-9-17-14(11)21(20)13-7-5-6-12(18-13)19(3)25(4,23)24/h5-10H,1-4H3. The maximum atomic E-state index is 12.7. The summed E-state index contributed by atoms with van der Waals surface area (Å²) >= 11 is 0. The third-order valence-corrected chi connectivity index (χ3v) is 4.97. The molecule has 0 atom stereocenters. The summed E-state index contributed by atoms with van der Waals surface area (Å²) in [6.45, 7) is 3.74. The van der Waals surface area contributed by atoms with Gasteiger partial charge in [-0.3, -0.25) is 9.10 Å². The average molecular weight is 362 g/mol. The molecule has 0 saturated carbocycles. The molecule has 0 bridgehead atoms. The van der Waals surface area contributed by atoms with Crippen molar-refractivity contribution in [1.82, 2.24) is 24.3 Å². The van der Waals surface area contributed by atoms with Crippen molar-refractivity contribution < 1.29 is 8.42 Å². The Kier molecular flexibility index (Phi) is 4.07. The largest absolute Gasteiger partial charge is 0.278 e. The van der Waals surface area contributed by atoms with E-state index in [1.165, 1.54) is 24.3 Å². The first-order valence-electron chi connectivity index (χ1n) is 7.56. The van der Waals surface area contributed by atoms with Crippen molar-refractivity contribution in [3.05, 3.63) is 41.1 Å². The molecule has 3 aromatic heterocycles. The van der Waals surface area contributed by atoms with E-state index >= 15 is 0 Å². The molecule has 0 fully saturated rings. The van der Waals surface area contributed by atoms with Crippen molar-refractivity contribution in [3.8, 4) is 5.82 Å². The number of hydrogen-bond donors (Lipinski definition) is 0. The van der Waals surface area contributed by atoms with Gasteiger partial charge in [0.15, 0.2) is 11.5 Å². The van der Waals surface area contributed by atoms with Gasteiger partial charge in [-0.2, -0.15) is 0 Å². The van der Waals surface area contributed by atoms with Crippen LogP contribution in [0.2, 0.25) is 0 Å². The number of pyridine rings is 1. The molecule has 9 nitrogen and oxygen atoms in total. The topological polar surface area (TPSA) is 103 Å². The normalized spacial score (nSPS) is 12.0. The molecule has 0 radical (unpaired) electrons. The quantitative estimate of drug-likeness (QED) is 0.685. The molecular formula is C15H18N6O3S. The van der Waals surface area contributed by atoms with E-state index in [0.29, 0.717) is 16.9 Å². The van der Waals surface area contributed by atoms with Crippen LogP contribution in [0.1, 0.15) is 19.9 Å². The van der Waals surface area contributed by atoms with Gasteiger partial charge in [0, 0.05) is 19.3 Å². The first kappa shape index (κ1) is 17.1. The van der Waals surface area contributed by atoms with Crippen LogP contribution in [0, 0.1) is 0 Å². The predicted molar refractivity (Wildman–Crippen MR) is 94.6 cm³/mol. The zero-order valence-corrected chi connectivity index (χ0v) is 15.1. The van der Waals surface area contributed by atoms with Crippen LogP contribution >= 0.6 is 0 Å². The fourth-order valence-electron chi connectivity index (χ4n) is 2.52. The van der Waals surface area contributed by atoms with Crippen LogP contribution < -0.4 is 9.86 Å². The van der Waals surface area contributed by atoms with Gasteiger partial charge in [0.25, 0.3) is 5.56 Å². The molecule has 0 saturated heterocycles. The molecule has 0 spiro atoms. The van der Waals surface area contributed by atoms with Gasteiger partial charge >= 0.3 is 0 Å². The summed E-state index contributed by atoms with van der Waals surface area (Å²) < 4.78 is 27.7. The van der Waals surface area contributed by atoms with Crippen molar-refractivity contribution in [3.63, 3.8) is 0 Å². The van der Waals surface area contributed by atoms with Gasteiger partial charge in [-0.05, 0) is 26.0 Å². The molecule has 3 rings (SSSR count). The predicted octanol–water partition coefficient (Wildman–Crippen LogP) is 0.954. The number of anilines is 1. The molecule has 0 N–H and O–H groups in total. The van der Waals surface area contributed by atoms with Crippen LogP contribution in [0.5, 0.6) is 0 Å². The molecule has 10 heteroatoms. The van der Waals surface area contributed by atoms with Crippen molar-refractivity contribution in [2.75, 3.05) is 17.6 Å². The molecule has 0 aliphatic heterocycles. The maximum absolute atomic E-state index is 12.7. The van der Waals surface area contributed by atoms with Crippen LogP contribution in [0.25, 0.3) is 16.9 Å². The van der Waals surface area contributed by atoms with E-state index in [4.69, 9.17) is 0 Å². The summed E-state index contributed by atoms with van der Waals surface area (Å²) in [5.41, 5.74) is 0.189. The Labute approximate surface area is 144 Å². The molecule has 0 aromatic carbocycles. The summed E-state index contributed by atoms with van der Waals surface area (Å²) in [4.78, 5) is 25.2. The Morgan fingerprint density at radius 3 is 2.60 bits per heavy atom. The Morgan fingerprint density at radius 1 is 1.24 bits per heavy atom. The molecule has 132 valence electrons. The highest BCUT2D eigenvalue weighted by molar-refractivity contribution is 7.92. The zero-order chi connectivity index (χ0) is 18.4. The second-order valence-electron chi connectivity index (χ2n) is 5.90. The second kappa shape index (κ2) is 5.96. The minimum atomic E-state index is -3.45. The third kappa shape index (κ3) is 2.88. The Hall–Kier alpha value is -2.75. The number of hydrogen-bond acceptors (Lipinski definition) is 6. The van der Waals surface area contributed by atoms with Crippen LogP contribution in [0.15, 0.2) is 35.5 Å². The van der Waals surface area contributed by atoms with Gasteiger partial charge in [0.1, 0.15) is 17.5 Å². The van der Waals surface area contributed by atoms with Gasteiger partial charge in [0.05, 0.1) is 6.26 Å². The molecule has 3 aromatic rings. The van der Waals surface area contributed by atoms with Gasteiger partial charge in [0.2, 0.25) is 10.0 Å². The minimum Gasteiger partial charge on any atom is -0.267 e. The highest BCUT2D eigenvalue weighted by atomic mass is 32.2. The Morgan fingerprint density at radius 2 is 1.96 bits per heavy atom. The fraction of sp³-hybridized carbons (Fsp3) is 0.333. The van der Waals surface area contributed by atoms with E-state index in [1.807, 2.05) is 13.8 Å². The number of rotatable bonds is 4. The van der Waals surface area contributed by atoms with Crippen molar-refractivity contribution >= 4 is 26.9 Å². The number of sulfonamides is 1. The van der Waals surface area contributed by atoms with E-state index in [1.54, 1.807) is 22.9 Å². The van der Waals surface area contributed by atoms with Gasteiger partial charge in [-0.25, -0.2) is 32.7 Å². The summed E-state index contributed by atoms with van der Waals surface area (Å²) in [7, 11) is -2.03. The lowest BCUT2D eigenvalue weighted by Crippen LogP contribution is -2.27. The van der Waals surface area contributed by atoms with E-state index in [-0.39, 0.29) is 17.4 Å². The highest BCUT2D eigenvalue weighted by Crippen LogP contribution is 2.19. The third-order valence-electron chi connectivity index (χ3n) is 3.79. The Balaban J connectivity index is 2.31. The monoisotopic (exact) mass is 362 g/mol. The van der Waals surface area contributed by atoms with Crippen LogP contribution in [0.3, 0.4) is 0 Å². The van der Waals surface area contributed by atoms with Crippen LogP contribution in [-0.4, -0.2) is 46.0 Å². The minimum absolute atomic E-state index is 0.153. The summed E-state index contributed by atoms with van der Waals surface area (Å²) in [6.07, 6.45) is 3.92. The molecule has 25 heavy (non-hydrogen) atoms. The molecule has 0 aliphatic carbocycles. The van der Waals surface area contributed by atoms with E-state index in [2.05, 4.69) is 15.0 Å². The molecule has 0 amide bonds. The van der Waals surface area contributed by atoms with Crippen LogP contribution in [-0.2, 0) is 10.0 Å². The summed E-state index contributed by atoms with van der Waals surface area (Å²) in [5, 5.41) is 0.375. The van der Waals surface area contributed by atoms with E-state index in [9.17, 15) is 13.2 Å². The van der Waals surface area contributed by atoms with Gasteiger partial charge < -0.3 is 0 Å². The van der Waals surface area contributed by atoms with Crippen molar-refractivity contribution in [2.24, 2.45) is 0 Å². The Bertz CT molecular complexity index is 1100. The van der Waals surface area contributed by atoms with E-state index in [0.717, 1.165) is 10.6 Å². The zero-order valence-electron chi connectivity index (χ0n) is 14.3. The van der Waals surface area contributed by atoms with Gasteiger partial charge in [-0.1, -0.05) is 6.07 Å². The summed E-state index contributed by atoms with van der Waals surface area (Å²) in [5.74, 6) is 0.645. The first-order chi connectivity index (χ1) is 11.7.